The topological polar surface area (TPSA) is 64.3 Å². The first-order valence-corrected chi connectivity index (χ1v) is 7.91. The van der Waals surface area contributed by atoms with Gasteiger partial charge in [0.15, 0.2) is 0 Å². The van der Waals surface area contributed by atoms with Gasteiger partial charge in [-0.3, -0.25) is 14.4 Å². The number of rotatable bonds is 5. The Morgan fingerprint density at radius 2 is 2.04 bits per heavy atom. The van der Waals surface area contributed by atoms with Crippen molar-refractivity contribution in [2.75, 3.05) is 32.8 Å². The van der Waals surface area contributed by atoms with Crippen molar-refractivity contribution in [3.8, 4) is 5.82 Å². The van der Waals surface area contributed by atoms with Crippen LogP contribution in [0.4, 0.5) is 0 Å². The first kappa shape index (κ1) is 15.8. The van der Waals surface area contributed by atoms with Gasteiger partial charge in [0.25, 0.3) is 5.91 Å². The zero-order valence-corrected chi connectivity index (χ0v) is 13.6. The third-order valence-electron chi connectivity index (χ3n) is 4.01. The summed E-state index contributed by atoms with van der Waals surface area (Å²) in [4.78, 5) is 14.9. The molecule has 3 rings (SSSR count). The largest absolute Gasteiger partial charge is 0.379 e. The minimum absolute atomic E-state index is 0.0679. The van der Waals surface area contributed by atoms with Gasteiger partial charge in [0.1, 0.15) is 11.4 Å². The molecule has 124 valence electrons. The first-order chi connectivity index (χ1) is 11.1. The summed E-state index contributed by atoms with van der Waals surface area (Å²) in [7, 11) is 1.84. The smallest absolute Gasteiger partial charge is 0.256 e. The van der Waals surface area contributed by atoms with Crippen LogP contribution < -0.4 is 5.32 Å². The summed E-state index contributed by atoms with van der Waals surface area (Å²) in [5, 5.41) is 7.30. The van der Waals surface area contributed by atoms with Crippen LogP contribution in [-0.4, -0.2) is 64.0 Å². The molecular weight excluding hydrogens is 294 g/mol. The summed E-state index contributed by atoms with van der Waals surface area (Å²) in [6, 6.07) is 3.92. The van der Waals surface area contributed by atoms with Gasteiger partial charge in [0.05, 0.1) is 19.4 Å². The van der Waals surface area contributed by atoms with E-state index in [9.17, 15) is 4.79 Å². The van der Waals surface area contributed by atoms with E-state index < -0.39 is 0 Å². The number of aromatic nitrogens is 3. The Hall–Kier alpha value is -2.12. The molecule has 3 heterocycles. The van der Waals surface area contributed by atoms with Gasteiger partial charge in [-0.1, -0.05) is 0 Å². The molecule has 1 unspecified atom stereocenters. The predicted octanol–water partition coefficient (Wildman–Crippen LogP) is 0.661. The molecule has 0 saturated carbocycles. The molecule has 1 saturated heterocycles. The van der Waals surface area contributed by atoms with Crippen molar-refractivity contribution in [3.63, 3.8) is 0 Å². The van der Waals surface area contributed by atoms with Gasteiger partial charge in [-0.15, -0.1) is 0 Å². The first-order valence-electron chi connectivity index (χ1n) is 7.91. The van der Waals surface area contributed by atoms with E-state index in [1.807, 2.05) is 43.1 Å². The molecule has 1 amide bonds. The predicted molar refractivity (Wildman–Crippen MR) is 86.7 cm³/mol. The monoisotopic (exact) mass is 317 g/mol. The lowest BCUT2D eigenvalue weighted by Gasteiger charge is -2.29. The lowest BCUT2D eigenvalue weighted by atomic mass is 10.2. The van der Waals surface area contributed by atoms with Crippen LogP contribution in [0.5, 0.6) is 0 Å². The van der Waals surface area contributed by atoms with Crippen LogP contribution in [0.3, 0.4) is 0 Å². The van der Waals surface area contributed by atoms with E-state index in [0.717, 1.165) is 38.7 Å². The standard InChI is InChI=1S/C16H23N5O2/c1-13(12-20-7-9-23-10-8-20)18-15(22)14-11-17-19(2)16(14)21-5-3-4-6-21/h3-6,11,13H,7-10,12H2,1-2H3,(H,18,22). The third-order valence-corrected chi connectivity index (χ3v) is 4.01. The van der Waals surface area contributed by atoms with Gasteiger partial charge in [0.2, 0.25) is 0 Å². The Morgan fingerprint density at radius 1 is 1.35 bits per heavy atom. The maximum atomic E-state index is 12.6. The highest BCUT2D eigenvalue weighted by molar-refractivity contribution is 5.97. The number of aryl methyl sites for hydroxylation is 1. The summed E-state index contributed by atoms with van der Waals surface area (Å²) in [6.07, 6.45) is 5.43. The van der Waals surface area contributed by atoms with Crippen LogP contribution >= 0.6 is 0 Å². The zero-order valence-electron chi connectivity index (χ0n) is 13.6. The molecule has 0 aliphatic carbocycles. The molecule has 0 aromatic carbocycles. The second kappa shape index (κ2) is 6.97. The normalized spacial score (nSPS) is 17.1. The van der Waals surface area contributed by atoms with E-state index in [2.05, 4.69) is 15.3 Å². The maximum absolute atomic E-state index is 12.6. The number of nitrogens with one attached hydrogen (secondary N) is 1. The minimum Gasteiger partial charge on any atom is -0.379 e. The Morgan fingerprint density at radius 3 is 2.74 bits per heavy atom. The summed E-state index contributed by atoms with van der Waals surface area (Å²) in [6.45, 7) is 6.22. The third kappa shape index (κ3) is 3.62. The fourth-order valence-electron chi connectivity index (χ4n) is 2.89. The minimum atomic E-state index is -0.0949. The van der Waals surface area contributed by atoms with E-state index in [1.165, 1.54) is 0 Å². The molecule has 2 aromatic heterocycles. The molecule has 1 N–H and O–H groups in total. The molecule has 2 aromatic rings. The van der Waals surface area contributed by atoms with Crippen molar-refractivity contribution in [1.29, 1.82) is 0 Å². The van der Waals surface area contributed by atoms with Crippen LogP contribution in [0, 0.1) is 0 Å². The lowest BCUT2D eigenvalue weighted by Crippen LogP contribution is -2.46. The van der Waals surface area contributed by atoms with Crippen molar-refractivity contribution < 1.29 is 9.53 Å². The van der Waals surface area contributed by atoms with E-state index in [-0.39, 0.29) is 11.9 Å². The van der Waals surface area contributed by atoms with E-state index >= 15 is 0 Å². The fourth-order valence-corrected chi connectivity index (χ4v) is 2.89. The van der Waals surface area contributed by atoms with Crippen molar-refractivity contribution in [1.82, 2.24) is 24.6 Å². The molecule has 1 atom stereocenters. The average molecular weight is 317 g/mol. The Kier molecular flexibility index (Phi) is 4.78. The number of carbonyl (C=O) groups excluding carboxylic acids is 1. The van der Waals surface area contributed by atoms with Gasteiger partial charge in [-0.2, -0.15) is 5.10 Å². The van der Waals surface area contributed by atoms with Gasteiger partial charge < -0.3 is 14.6 Å². The lowest BCUT2D eigenvalue weighted by molar-refractivity contribution is 0.0342. The number of nitrogens with zero attached hydrogens (tertiary/aromatic N) is 4. The average Bonchev–Trinajstić information content (AvgIpc) is 3.17. The molecule has 0 spiro atoms. The van der Waals surface area contributed by atoms with Crippen molar-refractivity contribution in [2.45, 2.75) is 13.0 Å². The quantitative estimate of drug-likeness (QED) is 0.880. The van der Waals surface area contributed by atoms with E-state index in [1.54, 1.807) is 10.9 Å². The Balaban J connectivity index is 1.66. The Bertz CT molecular complexity index is 643. The maximum Gasteiger partial charge on any atom is 0.256 e. The SMILES string of the molecule is CC(CN1CCOCC1)NC(=O)c1cnn(C)c1-n1cccc1. The van der Waals surface area contributed by atoms with E-state index in [4.69, 9.17) is 4.74 Å². The number of ether oxygens (including phenoxy) is 1. The molecule has 23 heavy (non-hydrogen) atoms. The Labute approximate surface area is 135 Å². The molecule has 1 fully saturated rings. The molecular formula is C16H23N5O2. The molecule has 7 nitrogen and oxygen atoms in total. The number of amides is 1. The van der Waals surface area contributed by atoms with Crippen LogP contribution in [0.25, 0.3) is 5.82 Å². The second-order valence-corrected chi connectivity index (χ2v) is 5.88. The summed E-state index contributed by atoms with van der Waals surface area (Å²) in [5.41, 5.74) is 0.581. The van der Waals surface area contributed by atoms with E-state index in [0.29, 0.717) is 5.56 Å². The fraction of sp³-hybridized carbons (Fsp3) is 0.500. The molecule has 7 heteroatoms. The molecule has 0 radical (unpaired) electrons. The van der Waals surface area contributed by atoms with Gasteiger partial charge >= 0.3 is 0 Å². The van der Waals surface area contributed by atoms with Crippen molar-refractivity contribution in [2.24, 2.45) is 7.05 Å². The summed E-state index contributed by atoms with van der Waals surface area (Å²) < 4.78 is 8.96. The van der Waals surface area contributed by atoms with Gasteiger partial charge in [0, 0.05) is 45.1 Å². The molecule has 1 aliphatic rings. The number of morpholine rings is 1. The molecule has 1 aliphatic heterocycles. The zero-order chi connectivity index (χ0) is 16.2. The highest BCUT2D eigenvalue weighted by Gasteiger charge is 2.20. The van der Waals surface area contributed by atoms with Gasteiger partial charge in [-0.05, 0) is 19.1 Å². The number of hydrogen-bond donors (Lipinski definition) is 1. The highest BCUT2D eigenvalue weighted by atomic mass is 16.5. The summed E-state index contributed by atoms with van der Waals surface area (Å²) in [5.74, 6) is 0.675. The van der Waals surface area contributed by atoms with Crippen LogP contribution in [0.15, 0.2) is 30.7 Å². The number of carbonyl (C=O) groups is 1. The van der Waals surface area contributed by atoms with Crippen LogP contribution in [0.2, 0.25) is 0 Å². The van der Waals surface area contributed by atoms with Crippen LogP contribution in [0.1, 0.15) is 17.3 Å². The molecule has 0 bridgehead atoms. The van der Waals surface area contributed by atoms with Gasteiger partial charge in [-0.25, -0.2) is 0 Å². The summed E-state index contributed by atoms with van der Waals surface area (Å²) >= 11 is 0. The van der Waals surface area contributed by atoms with Crippen molar-refractivity contribution in [3.05, 3.63) is 36.3 Å². The van der Waals surface area contributed by atoms with Crippen molar-refractivity contribution >= 4 is 5.91 Å². The van der Waals surface area contributed by atoms with Crippen LogP contribution in [-0.2, 0) is 11.8 Å². The number of hydrogen-bond acceptors (Lipinski definition) is 4. The second-order valence-electron chi connectivity index (χ2n) is 5.88. The highest BCUT2D eigenvalue weighted by Crippen LogP contribution is 2.14.